The van der Waals surface area contributed by atoms with Gasteiger partial charge in [-0.1, -0.05) is 23.7 Å². The van der Waals surface area contributed by atoms with Crippen LogP contribution < -0.4 is 4.90 Å². The van der Waals surface area contributed by atoms with E-state index in [9.17, 15) is 14.5 Å². The standard InChI is InChI=1S/C12H9ClFN3O2/c1-16(10-5-3-2-4-9(10)14)12-7-8(17(18)19)6-11(13)15-12/h2-7H,1H3. The minimum absolute atomic E-state index is 0.0209. The highest BCUT2D eigenvalue weighted by Gasteiger charge is 2.15. The lowest BCUT2D eigenvalue weighted by molar-refractivity contribution is -0.384. The molecule has 1 heterocycles. The Morgan fingerprint density at radius 2 is 2.05 bits per heavy atom. The number of anilines is 2. The molecule has 0 aliphatic heterocycles. The van der Waals surface area contributed by atoms with Crippen LogP contribution in [0.2, 0.25) is 5.15 Å². The van der Waals surface area contributed by atoms with Crippen LogP contribution in [0.25, 0.3) is 0 Å². The van der Waals surface area contributed by atoms with E-state index in [0.29, 0.717) is 0 Å². The van der Waals surface area contributed by atoms with Crippen molar-refractivity contribution in [2.45, 2.75) is 0 Å². The van der Waals surface area contributed by atoms with E-state index in [4.69, 9.17) is 11.6 Å². The number of para-hydroxylation sites is 1. The highest BCUT2D eigenvalue weighted by molar-refractivity contribution is 6.29. The third-order valence-electron chi connectivity index (χ3n) is 2.53. The van der Waals surface area contributed by atoms with Crippen LogP contribution in [0.4, 0.5) is 21.6 Å². The van der Waals surface area contributed by atoms with E-state index in [0.717, 1.165) is 6.07 Å². The number of nitro groups is 1. The van der Waals surface area contributed by atoms with Crippen LogP contribution >= 0.6 is 11.6 Å². The van der Waals surface area contributed by atoms with Crippen LogP contribution in [0.5, 0.6) is 0 Å². The summed E-state index contributed by atoms with van der Waals surface area (Å²) < 4.78 is 13.6. The molecule has 0 amide bonds. The van der Waals surface area contributed by atoms with Gasteiger partial charge in [0.05, 0.1) is 22.7 Å². The molecule has 5 nitrogen and oxygen atoms in total. The van der Waals surface area contributed by atoms with E-state index in [2.05, 4.69) is 4.98 Å². The average molecular weight is 282 g/mol. The molecule has 0 N–H and O–H groups in total. The van der Waals surface area contributed by atoms with Crippen LogP contribution in [-0.4, -0.2) is 17.0 Å². The summed E-state index contributed by atoms with van der Waals surface area (Å²) in [7, 11) is 1.56. The van der Waals surface area contributed by atoms with Crippen molar-refractivity contribution in [3.63, 3.8) is 0 Å². The number of pyridine rings is 1. The molecule has 0 fully saturated rings. The van der Waals surface area contributed by atoms with Crippen LogP contribution in [0.1, 0.15) is 0 Å². The Labute approximate surface area is 113 Å². The Bertz CT molecular complexity index is 636. The first-order chi connectivity index (χ1) is 8.99. The predicted octanol–water partition coefficient (Wildman–Crippen LogP) is 3.55. The maximum Gasteiger partial charge on any atom is 0.276 e. The summed E-state index contributed by atoms with van der Waals surface area (Å²) >= 11 is 5.73. The second kappa shape index (κ2) is 5.19. The maximum absolute atomic E-state index is 13.6. The molecular formula is C12H9ClFN3O2. The third kappa shape index (κ3) is 2.79. The quantitative estimate of drug-likeness (QED) is 0.490. The van der Waals surface area contributed by atoms with Crippen molar-refractivity contribution >= 4 is 28.8 Å². The molecule has 0 unspecified atom stereocenters. The summed E-state index contributed by atoms with van der Waals surface area (Å²) in [5, 5.41) is 10.7. The van der Waals surface area contributed by atoms with Gasteiger partial charge in [-0.15, -0.1) is 0 Å². The zero-order valence-corrected chi connectivity index (χ0v) is 10.6. The van der Waals surface area contributed by atoms with Crippen LogP contribution in [0.15, 0.2) is 36.4 Å². The lowest BCUT2D eigenvalue weighted by Crippen LogP contribution is -2.13. The maximum atomic E-state index is 13.6. The Morgan fingerprint density at radius 3 is 2.68 bits per heavy atom. The van der Waals surface area contributed by atoms with Gasteiger partial charge in [0.2, 0.25) is 0 Å². The van der Waals surface area contributed by atoms with Gasteiger partial charge in [0.25, 0.3) is 5.69 Å². The molecule has 19 heavy (non-hydrogen) atoms. The lowest BCUT2D eigenvalue weighted by atomic mass is 10.2. The van der Waals surface area contributed by atoms with Crippen molar-refractivity contribution in [1.29, 1.82) is 0 Å². The topological polar surface area (TPSA) is 59.3 Å². The second-order valence-electron chi connectivity index (χ2n) is 3.77. The molecule has 0 aliphatic carbocycles. The van der Waals surface area contributed by atoms with Crippen molar-refractivity contribution in [1.82, 2.24) is 4.98 Å². The minimum Gasteiger partial charge on any atom is -0.327 e. The van der Waals surface area contributed by atoms with Crippen LogP contribution in [0, 0.1) is 15.9 Å². The highest BCUT2D eigenvalue weighted by atomic mass is 35.5. The van der Waals surface area contributed by atoms with E-state index in [1.807, 2.05) is 0 Å². The molecule has 1 aromatic heterocycles. The number of rotatable bonds is 3. The molecule has 98 valence electrons. The second-order valence-corrected chi connectivity index (χ2v) is 4.16. The molecule has 2 rings (SSSR count). The van der Waals surface area contributed by atoms with Gasteiger partial charge >= 0.3 is 0 Å². The average Bonchev–Trinajstić information content (AvgIpc) is 2.37. The molecule has 0 atom stereocenters. The van der Waals surface area contributed by atoms with Crippen molar-refractivity contribution in [2.24, 2.45) is 0 Å². The molecule has 0 aliphatic rings. The van der Waals surface area contributed by atoms with Crippen LogP contribution in [0.3, 0.4) is 0 Å². The minimum atomic E-state index is -0.577. The first-order valence-corrected chi connectivity index (χ1v) is 5.67. The Kier molecular flexibility index (Phi) is 3.62. The van der Waals surface area contributed by atoms with E-state index in [1.54, 1.807) is 25.2 Å². The molecule has 0 saturated heterocycles. The number of nitrogens with zero attached hydrogens (tertiary/aromatic N) is 3. The summed E-state index contributed by atoms with van der Waals surface area (Å²) in [6.45, 7) is 0. The van der Waals surface area contributed by atoms with Crippen molar-refractivity contribution in [3.05, 3.63) is 57.5 Å². The van der Waals surface area contributed by atoms with E-state index in [1.165, 1.54) is 17.0 Å². The molecule has 2 aromatic rings. The summed E-state index contributed by atoms with van der Waals surface area (Å²) in [5.41, 5.74) is 0.0600. The molecule has 0 spiro atoms. The highest BCUT2D eigenvalue weighted by Crippen LogP contribution is 2.28. The van der Waals surface area contributed by atoms with E-state index in [-0.39, 0.29) is 22.3 Å². The van der Waals surface area contributed by atoms with Crippen LogP contribution in [-0.2, 0) is 0 Å². The largest absolute Gasteiger partial charge is 0.327 e. The summed E-state index contributed by atoms with van der Waals surface area (Å²) in [6.07, 6.45) is 0. The zero-order valence-electron chi connectivity index (χ0n) is 9.88. The van der Waals surface area contributed by atoms with E-state index >= 15 is 0 Å². The number of benzene rings is 1. The monoisotopic (exact) mass is 281 g/mol. The van der Waals surface area contributed by atoms with Gasteiger partial charge < -0.3 is 4.90 Å². The van der Waals surface area contributed by atoms with Gasteiger partial charge in [0.1, 0.15) is 16.8 Å². The normalized spacial score (nSPS) is 10.3. The number of hydrogen-bond acceptors (Lipinski definition) is 4. The van der Waals surface area contributed by atoms with Crippen molar-refractivity contribution < 1.29 is 9.31 Å². The molecule has 0 bridgehead atoms. The van der Waals surface area contributed by atoms with Gasteiger partial charge in [-0.2, -0.15) is 0 Å². The molecule has 0 radical (unpaired) electrons. The Morgan fingerprint density at radius 1 is 1.37 bits per heavy atom. The van der Waals surface area contributed by atoms with Gasteiger partial charge in [0.15, 0.2) is 0 Å². The molecule has 1 aromatic carbocycles. The molecule has 0 saturated carbocycles. The van der Waals surface area contributed by atoms with E-state index < -0.39 is 10.7 Å². The van der Waals surface area contributed by atoms with Gasteiger partial charge in [-0.05, 0) is 12.1 Å². The van der Waals surface area contributed by atoms with Crippen molar-refractivity contribution in [2.75, 3.05) is 11.9 Å². The lowest BCUT2D eigenvalue weighted by Gasteiger charge is -2.18. The van der Waals surface area contributed by atoms with Gasteiger partial charge in [-0.3, -0.25) is 10.1 Å². The Hall–Kier alpha value is -2.21. The molecular weight excluding hydrogens is 273 g/mol. The third-order valence-corrected chi connectivity index (χ3v) is 2.73. The first-order valence-electron chi connectivity index (χ1n) is 5.29. The SMILES string of the molecule is CN(c1cc([N+](=O)[O-])cc(Cl)n1)c1ccccc1F. The molecule has 7 heteroatoms. The fourth-order valence-electron chi connectivity index (χ4n) is 1.59. The summed E-state index contributed by atoms with van der Waals surface area (Å²) in [5.74, 6) is -0.251. The number of aromatic nitrogens is 1. The Balaban J connectivity index is 2.47. The summed E-state index contributed by atoms with van der Waals surface area (Å²) in [4.78, 5) is 15.5. The van der Waals surface area contributed by atoms with Gasteiger partial charge in [-0.25, -0.2) is 9.37 Å². The fourth-order valence-corrected chi connectivity index (χ4v) is 1.79. The van der Waals surface area contributed by atoms with Crippen molar-refractivity contribution in [3.8, 4) is 0 Å². The smallest absolute Gasteiger partial charge is 0.276 e. The summed E-state index contributed by atoms with van der Waals surface area (Å²) in [6, 6.07) is 8.43. The first kappa shape index (κ1) is 13.2. The van der Waals surface area contributed by atoms with Gasteiger partial charge in [0, 0.05) is 7.05 Å². The number of hydrogen-bond donors (Lipinski definition) is 0. The fraction of sp³-hybridized carbons (Fsp3) is 0.0833. The predicted molar refractivity (Wildman–Crippen MR) is 70.4 cm³/mol. The number of halogens is 2. The zero-order chi connectivity index (χ0) is 14.0.